The molecule has 0 aliphatic heterocycles. The van der Waals surface area contributed by atoms with E-state index in [9.17, 15) is 4.79 Å². The molecule has 0 saturated carbocycles. The monoisotopic (exact) mass is 215 g/mol. The fourth-order valence-electron chi connectivity index (χ4n) is 1.94. The predicted octanol–water partition coefficient (Wildman–Crippen LogP) is 3.17. The van der Waals surface area contributed by atoms with Crippen molar-refractivity contribution < 1.29 is 4.79 Å². The van der Waals surface area contributed by atoms with Gasteiger partial charge in [-0.05, 0) is 43.4 Å². The number of hydrogen-bond donors (Lipinski definition) is 1. The third-order valence-corrected chi connectivity index (χ3v) is 2.88. The molecule has 2 heteroatoms. The van der Waals surface area contributed by atoms with E-state index in [0.717, 1.165) is 30.5 Å². The Morgan fingerprint density at radius 2 is 2.00 bits per heavy atom. The number of carbonyl (C=O) groups excluding carboxylic acids is 1. The van der Waals surface area contributed by atoms with Gasteiger partial charge in [0, 0.05) is 5.69 Å². The molecule has 16 heavy (non-hydrogen) atoms. The molecule has 0 amide bonds. The van der Waals surface area contributed by atoms with Gasteiger partial charge in [-0.3, -0.25) is 4.79 Å². The highest BCUT2D eigenvalue weighted by Gasteiger charge is 2.11. The fraction of sp³-hybridized carbons (Fsp3) is 0.357. The molecule has 0 saturated heterocycles. The molecule has 0 fully saturated rings. The number of para-hydroxylation sites is 1. The zero-order valence-corrected chi connectivity index (χ0v) is 9.41. The van der Waals surface area contributed by atoms with E-state index in [0.29, 0.717) is 6.54 Å². The van der Waals surface area contributed by atoms with Crippen LogP contribution in [0.3, 0.4) is 0 Å². The van der Waals surface area contributed by atoms with Crippen LogP contribution in [0.5, 0.6) is 0 Å². The van der Waals surface area contributed by atoms with Crippen LogP contribution in [-0.4, -0.2) is 12.3 Å². The number of allylic oxidation sites excluding steroid dienone is 1. The summed E-state index contributed by atoms with van der Waals surface area (Å²) in [6, 6.07) is 9.85. The maximum absolute atomic E-state index is 11.8. The van der Waals surface area contributed by atoms with Crippen LogP contribution in [0.1, 0.15) is 25.7 Å². The second-order valence-electron chi connectivity index (χ2n) is 4.12. The van der Waals surface area contributed by atoms with Gasteiger partial charge in [0.05, 0.1) is 6.54 Å². The Labute approximate surface area is 96.4 Å². The van der Waals surface area contributed by atoms with Gasteiger partial charge >= 0.3 is 0 Å². The Hall–Kier alpha value is -1.57. The molecule has 1 aromatic rings. The number of anilines is 1. The zero-order chi connectivity index (χ0) is 11.2. The molecule has 2 rings (SSSR count). The number of rotatable bonds is 4. The lowest BCUT2D eigenvalue weighted by molar-refractivity contribution is -0.114. The molecule has 2 nitrogen and oxygen atoms in total. The number of benzene rings is 1. The van der Waals surface area contributed by atoms with Crippen molar-refractivity contribution in [2.24, 2.45) is 0 Å². The van der Waals surface area contributed by atoms with Crippen molar-refractivity contribution in [2.75, 3.05) is 11.9 Å². The van der Waals surface area contributed by atoms with Gasteiger partial charge in [0.25, 0.3) is 0 Å². The third kappa shape index (κ3) is 2.96. The second kappa shape index (κ2) is 5.50. The normalized spacial score (nSPS) is 15.4. The lowest BCUT2D eigenvalue weighted by Gasteiger charge is -2.12. The van der Waals surface area contributed by atoms with Crippen LogP contribution in [0, 0.1) is 0 Å². The highest BCUT2D eigenvalue weighted by molar-refractivity contribution is 5.98. The molecule has 0 heterocycles. The van der Waals surface area contributed by atoms with Crippen LogP contribution in [0.4, 0.5) is 5.69 Å². The van der Waals surface area contributed by atoms with Gasteiger partial charge in [0.2, 0.25) is 0 Å². The summed E-state index contributed by atoms with van der Waals surface area (Å²) in [5.74, 6) is 0.239. The summed E-state index contributed by atoms with van der Waals surface area (Å²) < 4.78 is 0. The van der Waals surface area contributed by atoms with E-state index in [-0.39, 0.29) is 5.78 Å². The number of ketones is 1. The Kier molecular flexibility index (Phi) is 3.76. The quantitative estimate of drug-likeness (QED) is 0.835. The molecule has 84 valence electrons. The molecule has 1 N–H and O–H groups in total. The minimum atomic E-state index is 0.239. The van der Waals surface area contributed by atoms with Crippen molar-refractivity contribution in [3.8, 4) is 0 Å². The highest BCUT2D eigenvalue weighted by atomic mass is 16.1. The number of Topliss-reactive ketones (excluding diaryl/α,β-unsaturated/α-hetero) is 1. The minimum absolute atomic E-state index is 0.239. The first-order valence-corrected chi connectivity index (χ1v) is 5.87. The predicted molar refractivity (Wildman–Crippen MR) is 66.5 cm³/mol. The summed E-state index contributed by atoms with van der Waals surface area (Å²) in [7, 11) is 0. The Bertz CT molecular complexity index is 381. The maximum atomic E-state index is 11.8. The number of hydrogen-bond acceptors (Lipinski definition) is 2. The minimum Gasteiger partial charge on any atom is -0.378 e. The Morgan fingerprint density at radius 3 is 2.69 bits per heavy atom. The van der Waals surface area contributed by atoms with Gasteiger partial charge in [-0.15, -0.1) is 0 Å². The average Bonchev–Trinajstić information content (AvgIpc) is 2.38. The molecule has 0 atom stereocenters. The number of nitrogens with one attached hydrogen (secondary N) is 1. The van der Waals surface area contributed by atoms with Gasteiger partial charge in [-0.2, -0.15) is 0 Å². The van der Waals surface area contributed by atoms with Crippen LogP contribution < -0.4 is 5.32 Å². The summed E-state index contributed by atoms with van der Waals surface area (Å²) in [6.07, 6.45) is 6.49. The van der Waals surface area contributed by atoms with E-state index < -0.39 is 0 Å². The molecule has 0 aromatic heterocycles. The van der Waals surface area contributed by atoms with Crippen molar-refractivity contribution >= 4 is 11.5 Å². The molecule has 1 aromatic carbocycles. The lowest BCUT2D eigenvalue weighted by Crippen LogP contribution is -2.17. The zero-order valence-electron chi connectivity index (χ0n) is 9.41. The van der Waals surface area contributed by atoms with Gasteiger partial charge < -0.3 is 5.32 Å². The van der Waals surface area contributed by atoms with Crippen molar-refractivity contribution in [1.82, 2.24) is 0 Å². The third-order valence-electron chi connectivity index (χ3n) is 2.88. The summed E-state index contributed by atoms with van der Waals surface area (Å²) in [6.45, 7) is 0.413. The number of carbonyl (C=O) groups is 1. The van der Waals surface area contributed by atoms with Crippen molar-refractivity contribution in [1.29, 1.82) is 0 Å². The van der Waals surface area contributed by atoms with E-state index in [1.54, 1.807) is 0 Å². The summed E-state index contributed by atoms with van der Waals surface area (Å²) in [5.41, 5.74) is 2.02. The second-order valence-corrected chi connectivity index (χ2v) is 4.12. The molecule has 0 bridgehead atoms. The topological polar surface area (TPSA) is 29.1 Å². The lowest BCUT2D eigenvalue weighted by atomic mass is 9.96. The first-order valence-electron chi connectivity index (χ1n) is 5.87. The van der Waals surface area contributed by atoms with Crippen LogP contribution in [-0.2, 0) is 4.79 Å². The van der Waals surface area contributed by atoms with Crippen molar-refractivity contribution in [3.05, 3.63) is 42.0 Å². The van der Waals surface area contributed by atoms with E-state index in [4.69, 9.17) is 0 Å². The van der Waals surface area contributed by atoms with E-state index in [1.807, 2.05) is 30.3 Å². The van der Waals surface area contributed by atoms with Crippen LogP contribution in [0.15, 0.2) is 42.0 Å². The molecule has 0 radical (unpaired) electrons. The molecule has 0 unspecified atom stereocenters. The van der Waals surface area contributed by atoms with E-state index >= 15 is 0 Å². The van der Waals surface area contributed by atoms with Gasteiger partial charge in [0.15, 0.2) is 5.78 Å². The van der Waals surface area contributed by atoms with Crippen LogP contribution in [0.25, 0.3) is 0 Å². The highest BCUT2D eigenvalue weighted by Crippen LogP contribution is 2.18. The molecule has 0 spiro atoms. The van der Waals surface area contributed by atoms with Crippen molar-refractivity contribution in [2.45, 2.75) is 25.7 Å². The molecule has 1 aliphatic rings. The van der Waals surface area contributed by atoms with Gasteiger partial charge in [-0.1, -0.05) is 24.3 Å². The van der Waals surface area contributed by atoms with Crippen LogP contribution in [0.2, 0.25) is 0 Å². The van der Waals surface area contributed by atoms with E-state index in [2.05, 4.69) is 11.4 Å². The summed E-state index contributed by atoms with van der Waals surface area (Å²) >= 11 is 0. The van der Waals surface area contributed by atoms with Crippen LogP contribution >= 0.6 is 0 Å². The Balaban J connectivity index is 1.86. The maximum Gasteiger partial charge on any atom is 0.177 e. The SMILES string of the molecule is O=C(CNc1ccccc1)C1=CCCCC1. The summed E-state index contributed by atoms with van der Waals surface area (Å²) in [5, 5.41) is 3.15. The Morgan fingerprint density at radius 1 is 1.19 bits per heavy atom. The first kappa shape index (κ1) is 10.9. The molecular weight excluding hydrogens is 198 g/mol. The first-order chi connectivity index (χ1) is 7.86. The average molecular weight is 215 g/mol. The largest absolute Gasteiger partial charge is 0.378 e. The van der Waals surface area contributed by atoms with Crippen molar-refractivity contribution in [3.63, 3.8) is 0 Å². The smallest absolute Gasteiger partial charge is 0.177 e. The molecule has 1 aliphatic carbocycles. The summed E-state index contributed by atoms with van der Waals surface area (Å²) in [4.78, 5) is 11.8. The molecular formula is C14H17NO. The standard InChI is InChI=1S/C14H17NO/c16-14(12-7-3-1-4-8-12)11-15-13-9-5-2-6-10-13/h2,5-7,9-10,15H,1,3-4,8,11H2. The van der Waals surface area contributed by atoms with E-state index in [1.165, 1.54) is 6.42 Å². The fourth-order valence-corrected chi connectivity index (χ4v) is 1.94. The van der Waals surface area contributed by atoms with Gasteiger partial charge in [-0.25, -0.2) is 0 Å². The van der Waals surface area contributed by atoms with Gasteiger partial charge in [0.1, 0.15) is 0 Å².